The van der Waals surface area contributed by atoms with Gasteiger partial charge < -0.3 is 14.7 Å². The number of carboxylic acid groups (broad SMARTS) is 1. The van der Waals surface area contributed by atoms with Crippen molar-refractivity contribution in [2.45, 2.75) is 39.0 Å². The maximum absolute atomic E-state index is 11.9. The number of carboxylic acids is 1. The van der Waals surface area contributed by atoms with E-state index in [1.165, 1.54) is 0 Å². The molecule has 0 saturated carbocycles. The van der Waals surface area contributed by atoms with E-state index >= 15 is 0 Å². The second-order valence-corrected chi connectivity index (χ2v) is 4.81. The highest BCUT2D eigenvalue weighted by atomic mass is 16.5. The summed E-state index contributed by atoms with van der Waals surface area (Å²) in [6, 6.07) is 0. The van der Waals surface area contributed by atoms with E-state index in [-0.39, 0.29) is 18.2 Å². The van der Waals surface area contributed by atoms with E-state index in [1.54, 1.807) is 4.90 Å². The predicted octanol–water partition coefficient (Wildman–Crippen LogP) is 1.52. The Hall–Kier alpha value is -1.10. The number of nitrogens with zero attached hydrogens (tertiary/aromatic N) is 1. The monoisotopic (exact) mass is 257 g/mol. The van der Waals surface area contributed by atoms with Gasteiger partial charge in [0.05, 0.1) is 13.0 Å². The van der Waals surface area contributed by atoms with Gasteiger partial charge in [0.2, 0.25) is 5.91 Å². The normalized spacial score (nSPS) is 19.8. The molecule has 5 nitrogen and oxygen atoms in total. The van der Waals surface area contributed by atoms with Crippen LogP contribution in [0.1, 0.15) is 39.0 Å². The molecule has 1 amide bonds. The summed E-state index contributed by atoms with van der Waals surface area (Å²) in [6.45, 7) is 4.52. The summed E-state index contributed by atoms with van der Waals surface area (Å²) >= 11 is 0. The lowest BCUT2D eigenvalue weighted by Gasteiger charge is -2.32. The number of aliphatic carboxylic acids is 1. The molecule has 5 heteroatoms. The largest absolute Gasteiger partial charge is 0.481 e. The summed E-state index contributed by atoms with van der Waals surface area (Å²) in [7, 11) is 0. The molecular weight excluding hydrogens is 234 g/mol. The fraction of sp³-hybridized carbons (Fsp3) is 0.846. The average molecular weight is 257 g/mol. The number of carbonyl (C=O) groups excluding carboxylic acids is 1. The molecule has 1 fully saturated rings. The zero-order valence-electron chi connectivity index (χ0n) is 11.1. The van der Waals surface area contributed by atoms with Crippen molar-refractivity contribution in [2.75, 3.05) is 26.3 Å². The van der Waals surface area contributed by atoms with Gasteiger partial charge in [0.25, 0.3) is 0 Å². The molecular formula is C13H23NO4. The van der Waals surface area contributed by atoms with Crippen LogP contribution in [0.2, 0.25) is 0 Å². The third kappa shape index (κ3) is 5.49. The third-order valence-electron chi connectivity index (χ3n) is 3.14. The Balaban J connectivity index is 2.27. The van der Waals surface area contributed by atoms with Gasteiger partial charge in [-0.25, -0.2) is 0 Å². The molecule has 0 aromatic carbocycles. The molecule has 0 spiro atoms. The number of likely N-dealkylation sites (tertiary alicyclic amines) is 1. The van der Waals surface area contributed by atoms with Crippen LogP contribution in [-0.4, -0.2) is 48.2 Å². The third-order valence-corrected chi connectivity index (χ3v) is 3.14. The second-order valence-electron chi connectivity index (χ2n) is 4.81. The van der Waals surface area contributed by atoms with Gasteiger partial charge in [-0.15, -0.1) is 0 Å². The van der Waals surface area contributed by atoms with Gasteiger partial charge in [-0.2, -0.15) is 0 Å². The molecule has 1 heterocycles. The van der Waals surface area contributed by atoms with E-state index in [9.17, 15) is 9.59 Å². The molecule has 1 N–H and O–H groups in total. The lowest BCUT2D eigenvalue weighted by atomic mass is 9.95. The molecule has 1 unspecified atom stereocenters. The number of rotatable bonds is 7. The van der Waals surface area contributed by atoms with Crippen LogP contribution in [0.25, 0.3) is 0 Å². The van der Waals surface area contributed by atoms with Crippen LogP contribution in [0.4, 0.5) is 0 Å². The summed E-state index contributed by atoms with van der Waals surface area (Å²) < 4.78 is 5.29. The second kappa shape index (κ2) is 8.08. The van der Waals surface area contributed by atoms with Crippen molar-refractivity contribution in [3.8, 4) is 0 Å². The molecule has 0 aromatic rings. The minimum Gasteiger partial charge on any atom is -0.481 e. The summed E-state index contributed by atoms with van der Waals surface area (Å²) in [6.07, 6.45) is 3.33. The van der Waals surface area contributed by atoms with E-state index < -0.39 is 5.97 Å². The highest BCUT2D eigenvalue weighted by molar-refractivity contribution is 5.76. The van der Waals surface area contributed by atoms with Crippen LogP contribution in [0.5, 0.6) is 0 Å². The van der Waals surface area contributed by atoms with Crippen molar-refractivity contribution >= 4 is 11.9 Å². The molecule has 0 radical (unpaired) electrons. The predicted molar refractivity (Wildman–Crippen MR) is 67.3 cm³/mol. The fourth-order valence-corrected chi connectivity index (χ4v) is 2.27. The van der Waals surface area contributed by atoms with Crippen LogP contribution in [0.3, 0.4) is 0 Å². The minimum absolute atomic E-state index is 0.0844. The van der Waals surface area contributed by atoms with Crippen LogP contribution in [-0.2, 0) is 14.3 Å². The molecule has 1 aliphatic heterocycles. The van der Waals surface area contributed by atoms with Crippen LogP contribution in [0, 0.1) is 5.92 Å². The molecule has 1 aliphatic rings. The lowest BCUT2D eigenvalue weighted by Crippen LogP contribution is -2.40. The standard InChI is InChI=1S/C13H23NO4/c1-2-7-18-8-5-12(15)14-6-3-4-11(10-14)9-13(16)17/h11H,2-10H2,1H3,(H,16,17). The van der Waals surface area contributed by atoms with E-state index in [2.05, 4.69) is 0 Å². The molecule has 18 heavy (non-hydrogen) atoms. The van der Waals surface area contributed by atoms with Gasteiger partial charge in [0.15, 0.2) is 0 Å². The number of hydrogen-bond donors (Lipinski definition) is 1. The maximum atomic E-state index is 11.9. The van der Waals surface area contributed by atoms with E-state index in [0.717, 1.165) is 25.8 Å². The SMILES string of the molecule is CCCOCCC(=O)N1CCCC(CC(=O)O)C1. The Morgan fingerprint density at radius 1 is 1.39 bits per heavy atom. The molecule has 104 valence electrons. The highest BCUT2D eigenvalue weighted by Crippen LogP contribution is 2.20. The summed E-state index contributed by atoms with van der Waals surface area (Å²) in [4.78, 5) is 24.3. The van der Waals surface area contributed by atoms with Crippen LogP contribution >= 0.6 is 0 Å². The zero-order valence-corrected chi connectivity index (χ0v) is 11.1. The zero-order chi connectivity index (χ0) is 13.4. The quantitative estimate of drug-likeness (QED) is 0.702. The van der Waals surface area contributed by atoms with E-state index in [4.69, 9.17) is 9.84 Å². The fourth-order valence-electron chi connectivity index (χ4n) is 2.27. The number of hydrogen-bond acceptors (Lipinski definition) is 3. The molecule has 1 saturated heterocycles. The van der Waals surface area contributed by atoms with Crippen molar-refractivity contribution in [1.82, 2.24) is 4.90 Å². The Morgan fingerprint density at radius 2 is 2.17 bits per heavy atom. The molecule has 0 aliphatic carbocycles. The first-order valence-electron chi connectivity index (χ1n) is 6.70. The Labute approximate surface area is 108 Å². The topological polar surface area (TPSA) is 66.8 Å². The van der Waals surface area contributed by atoms with E-state index in [1.807, 2.05) is 6.92 Å². The first-order chi connectivity index (χ1) is 8.63. The van der Waals surface area contributed by atoms with Crippen molar-refractivity contribution in [2.24, 2.45) is 5.92 Å². The summed E-state index contributed by atoms with van der Waals surface area (Å²) in [5.74, 6) is -0.585. The van der Waals surface area contributed by atoms with Gasteiger partial charge in [-0.3, -0.25) is 9.59 Å². The Kier molecular flexibility index (Phi) is 6.72. The molecule has 1 rings (SSSR count). The number of carbonyl (C=O) groups is 2. The number of amides is 1. The summed E-state index contributed by atoms with van der Waals surface area (Å²) in [5, 5.41) is 8.77. The van der Waals surface area contributed by atoms with Crippen LogP contribution < -0.4 is 0 Å². The highest BCUT2D eigenvalue weighted by Gasteiger charge is 2.24. The van der Waals surface area contributed by atoms with Crippen molar-refractivity contribution in [3.05, 3.63) is 0 Å². The Morgan fingerprint density at radius 3 is 2.83 bits per heavy atom. The van der Waals surface area contributed by atoms with Crippen molar-refractivity contribution in [1.29, 1.82) is 0 Å². The first-order valence-corrected chi connectivity index (χ1v) is 6.70. The van der Waals surface area contributed by atoms with E-state index in [0.29, 0.717) is 26.2 Å². The summed E-state index contributed by atoms with van der Waals surface area (Å²) in [5.41, 5.74) is 0. The van der Waals surface area contributed by atoms with Gasteiger partial charge in [0.1, 0.15) is 0 Å². The van der Waals surface area contributed by atoms with Crippen LogP contribution in [0.15, 0.2) is 0 Å². The minimum atomic E-state index is -0.777. The van der Waals surface area contributed by atoms with Crippen molar-refractivity contribution in [3.63, 3.8) is 0 Å². The molecule has 0 bridgehead atoms. The number of ether oxygens (including phenoxy) is 1. The van der Waals surface area contributed by atoms with Gasteiger partial charge >= 0.3 is 5.97 Å². The lowest BCUT2D eigenvalue weighted by molar-refractivity contribution is -0.141. The molecule has 0 aromatic heterocycles. The van der Waals surface area contributed by atoms with Gasteiger partial charge in [-0.05, 0) is 25.2 Å². The number of piperidine rings is 1. The first kappa shape index (κ1) is 15.0. The maximum Gasteiger partial charge on any atom is 0.303 e. The smallest absolute Gasteiger partial charge is 0.303 e. The Bertz CT molecular complexity index is 280. The molecule has 1 atom stereocenters. The van der Waals surface area contributed by atoms with Gasteiger partial charge in [-0.1, -0.05) is 6.92 Å². The van der Waals surface area contributed by atoms with Gasteiger partial charge in [0, 0.05) is 26.1 Å². The van der Waals surface area contributed by atoms with Crippen molar-refractivity contribution < 1.29 is 19.4 Å². The average Bonchev–Trinajstić information content (AvgIpc) is 2.34.